The minimum atomic E-state index is -0.861. The van der Waals surface area contributed by atoms with Gasteiger partial charge in [-0.05, 0) is 81.3 Å². The molecule has 2 aromatic carbocycles. The van der Waals surface area contributed by atoms with Crippen LogP contribution in [0.5, 0.6) is 5.75 Å². The Labute approximate surface area is 234 Å². The highest BCUT2D eigenvalue weighted by molar-refractivity contribution is 7.16. The van der Waals surface area contributed by atoms with Crippen molar-refractivity contribution in [3.8, 4) is 28.3 Å². The minimum Gasteiger partial charge on any atom is -0.492 e. The van der Waals surface area contributed by atoms with Crippen molar-refractivity contribution >= 4 is 39.4 Å². The van der Waals surface area contributed by atoms with Gasteiger partial charge in [-0.3, -0.25) is 0 Å². The first-order valence-electron chi connectivity index (χ1n) is 13.0. The van der Waals surface area contributed by atoms with Gasteiger partial charge in [0.2, 0.25) is 0 Å². The lowest BCUT2D eigenvalue weighted by molar-refractivity contribution is 0.202. The molecule has 2 aliphatic rings. The molecule has 198 valence electrons. The summed E-state index contributed by atoms with van der Waals surface area (Å²) in [5.74, 6) is 0.0506. The van der Waals surface area contributed by atoms with E-state index in [0.717, 1.165) is 53.0 Å². The fraction of sp³-hybridized carbons (Fsp3) is 0.379. The van der Waals surface area contributed by atoms with Gasteiger partial charge in [0.15, 0.2) is 16.8 Å². The van der Waals surface area contributed by atoms with Gasteiger partial charge in [0.1, 0.15) is 5.75 Å². The van der Waals surface area contributed by atoms with Crippen LogP contribution < -0.4 is 10.1 Å². The number of aryl methyl sites for hydroxylation is 1. The number of hydrogen-bond acceptors (Lipinski definition) is 6. The van der Waals surface area contributed by atoms with Crippen LogP contribution in [0.3, 0.4) is 0 Å². The van der Waals surface area contributed by atoms with Gasteiger partial charge in [-0.25, -0.2) is 18.7 Å². The van der Waals surface area contributed by atoms with Crippen molar-refractivity contribution in [1.82, 2.24) is 9.97 Å². The summed E-state index contributed by atoms with van der Waals surface area (Å²) in [5.41, 5.74) is 3.28. The molecular formula is C29H28ClF2N3OS2. The van der Waals surface area contributed by atoms with E-state index in [0.29, 0.717) is 40.5 Å². The number of ether oxygens (including phenoxy) is 1. The normalized spacial score (nSPS) is 19.5. The Kier molecular flexibility index (Phi) is 7.38. The molecule has 0 aliphatic heterocycles. The topological polar surface area (TPSA) is 47.0 Å². The third kappa shape index (κ3) is 5.72. The predicted octanol–water partition coefficient (Wildman–Crippen LogP) is 9.10. The number of anilines is 1. The maximum absolute atomic E-state index is 13.7. The van der Waals surface area contributed by atoms with Gasteiger partial charge in [0.25, 0.3) is 0 Å². The summed E-state index contributed by atoms with van der Waals surface area (Å²) >= 11 is 9.86. The number of nitrogens with one attached hydrogen (secondary N) is 1. The van der Waals surface area contributed by atoms with Gasteiger partial charge in [-0.15, -0.1) is 22.7 Å². The summed E-state index contributed by atoms with van der Waals surface area (Å²) in [5, 5.41) is 8.32. The van der Waals surface area contributed by atoms with Crippen LogP contribution in [-0.2, 0) is 0 Å². The number of hydrogen-bond donors (Lipinski definition) is 1. The Balaban J connectivity index is 1.05. The van der Waals surface area contributed by atoms with Crippen LogP contribution in [0.4, 0.5) is 13.9 Å². The molecule has 2 aliphatic carbocycles. The Hall–Kier alpha value is -2.55. The first kappa shape index (κ1) is 25.7. The van der Waals surface area contributed by atoms with E-state index in [-0.39, 0.29) is 6.04 Å². The van der Waals surface area contributed by atoms with E-state index in [4.69, 9.17) is 21.3 Å². The zero-order valence-corrected chi connectivity index (χ0v) is 23.4. The van der Waals surface area contributed by atoms with Crippen LogP contribution in [0.2, 0.25) is 5.02 Å². The first-order valence-corrected chi connectivity index (χ1v) is 15.1. The van der Waals surface area contributed by atoms with Gasteiger partial charge in [-0.2, -0.15) is 0 Å². The van der Waals surface area contributed by atoms with Gasteiger partial charge in [-0.1, -0.05) is 18.0 Å². The molecule has 0 spiro atoms. The lowest BCUT2D eigenvalue weighted by atomic mass is 9.86. The van der Waals surface area contributed by atoms with Crippen molar-refractivity contribution in [1.29, 1.82) is 0 Å². The number of thiazole rings is 2. The fourth-order valence-corrected chi connectivity index (χ4v) is 7.19. The summed E-state index contributed by atoms with van der Waals surface area (Å²) < 4.78 is 33.2. The monoisotopic (exact) mass is 571 g/mol. The fourth-order valence-electron chi connectivity index (χ4n) is 5.04. The van der Waals surface area contributed by atoms with E-state index < -0.39 is 11.6 Å². The SMILES string of the molecule is Cc1sc(NC2CCCC(COc3ccc(-c4csc(C5CC5)n4)cc3Cl)C2)nc1-c1ccc(F)c(F)c1. The highest BCUT2D eigenvalue weighted by Gasteiger charge is 2.27. The molecule has 4 aromatic rings. The number of nitrogens with zero attached hydrogens (tertiary/aromatic N) is 2. The molecule has 2 aromatic heterocycles. The molecule has 2 unspecified atom stereocenters. The second kappa shape index (κ2) is 10.9. The lowest BCUT2D eigenvalue weighted by Gasteiger charge is -2.29. The molecule has 2 fully saturated rings. The number of benzene rings is 2. The highest BCUT2D eigenvalue weighted by atomic mass is 35.5. The van der Waals surface area contributed by atoms with Crippen molar-refractivity contribution in [2.24, 2.45) is 5.92 Å². The summed E-state index contributed by atoms with van der Waals surface area (Å²) in [4.78, 5) is 10.4. The van der Waals surface area contributed by atoms with Crippen LogP contribution in [-0.4, -0.2) is 22.6 Å². The van der Waals surface area contributed by atoms with Crippen molar-refractivity contribution < 1.29 is 13.5 Å². The molecule has 38 heavy (non-hydrogen) atoms. The quantitative estimate of drug-likeness (QED) is 0.229. The molecule has 4 nitrogen and oxygen atoms in total. The second-order valence-corrected chi connectivity index (χ2v) is 12.7. The molecule has 0 radical (unpaired) electrons. The smallest absolute Gasteiger partial charge is 0.183 e. The Morgan fingerprint density at radius 2 is 1.87 bits per heavy atom. The molecule has 2 atom stereocenters. The third-order valence-electron chi connectivity index (χ3n) is 7.25. The standard InChI is InChI=1S/C29H28ClF2N3OS2/c1-16-27(20-7-9-23(31)24(32)13-20)35-29(38-16)33-21-4-2-3-17(11-21)14-36-26-10-8-19(12-22(26)30)25-15-37-28(34-25)18-5-6-18/h7-10,12-13,15,17-18,21H,2-6,11,14H2,1H3,(H,33,35). The highest BCUT2D eigenvalue weighted by Crippen LogP contribution is 2.43. The van der Waals surface area contributed by atoms with E-state index in [1.807, 2.05) is 25.1 Å². The van der Waals surface area contributed by atoms with Gasteiger partial charge in [0.05, 0.1) is 28.0 Å². The molecule has 0 bridgehead atoms. The van der Waals surface area contributed by atoms with Gasteiger partial charge in [0, 0.05) is 33.3 Å². The molecule has 6 rings (SSSR count). The predicted molar refractivity (Wildman–Crippen MR) is 152 cm³/mol. The van der Waals surface area contributed by atoms with Gasteiger partial charge >= 0.3 is 0 Å². The van der Waals surface area contributed by atoms with Crippen molar-refractivity contribution in [3.05, 3.63) is 68.3 Å². The molecule has 0 amide bonds. The largest absolute Gasteiger partial charge is 0.492 e. The summed E-state index contributed by atoms with van der Waals surface area (Å²) in [6, 6.07) is 10.1. The Bertz CT molecular complexity index is 1450. The van der Waals surface area contributed by atoms with Crippen LogP contribution >= 0.6 is 34.3 Å². The van der Waals surface area contributed by atoms with E-state index in [2.05, 4.69) is 15.7 Å². The van der Waals surface area contributed by atoms with E-state index in [1.165, 1.54) is 23.9 Å². The molecule has 2 heterocycles. The summed E-state index contributed by atoms with van der Waals surface area (Å²) in [6.45, 7) is 2.56. The van der Waals surface area contributed by atoms with Crippen LogP contribution in [0.25, 0.3) is 22.5 Å². The molecular weight excluding hydrogens is 544 g/mol. The maximum atomic E-state index is 13.7. The molecule has 2 saturated carbocycles. The Morgan fingerprint density at radius 1 is 1.03 bits per heavy atom. The number of halogens is 3. The van der Waals surface area contributed by atoms with E-state index >= 15 is 0 Å². The Morgan fingerprint density at radius 3 is 2.66 bits per heavy atom. The number of aromatic nitrogens is 2. The van der Waals surface area contributed by atoms with E-state index in [1.54, 1.807) is 28.7 Å². The van der Waals surface area contributed by atoms with Crippen LogP contribution in [0, 0.1) is 24.5 Å². The first-order chi connectivity index (χ1) is 18.4. The van der Waals surface area contributed by atoms with Gasteiger partial charge < -0.3 is 10.1 Å². The average Bonchev–Trinajstić information content (AvgIpc) is 3.52. The zero-order valence-electron chi connectivity index (χ0n) is 21.0. The zero-order chi connectivity index (χ0) is 26.2. The average molecular weight is 572 g/mol. The minimum absolute atomic E-state index is 0.281. The molecule has 0 saturated heterocycles. The molecule has 9 heteroatoms. The number of rotatable bonds is 8. The van der Waals surface area contributed by atoms with Crippen LogP contribution in [0.1, 0.15) is 54.3 Å². The second-order valence-electron chi connectivity index (χ2n) is 10.2. The third-order valence-corrected chi connectivity index (χ3v) is 9.46. The van der Waals surface area contributed by atoms with Crippen molar-refractivity contribution in [3.63, 3.8) is 0 Å². The van der Waals surface area contributed by atoms with E-state index in [9.17, 15) is 8.78 Å². The van der Waals surface area contributed by atoms with Crippen molar-refractivity contribution in [2.75, 3.05) is 11.9 Å². The summed E-state index contributed by atoms with van der Waals surface area (Å²) in [7, 11) is 0. The van der Waals surface area contributed by atoms with Crippen molar-refractivity contribution in [2.45, 2.75) is 57.4 Å². The van der Waals surface area contributed by atoms with Crippen LogP contribution in [0.15, 0.2) is 41.8 Å². The summed E-state index contributed by atoms with van der Waals surface area (Å²) in [6.07, 6.45) is 6.73. The maximum Gasteiger partial charge on any atom is 0.183 e. The molecule has 1 N–H and O–H groups in total. The lowest BCUT2D eigenvalue weighted by Crippen LogP contribution is -2.30.